The number of unbranched alkanes of at least 4 members (excludes halogenated alkanes) is 1. The van der Waals surface area contributed by atoms with Gasteiger partial charge in [0.05, 0.1) is 17.6 Å². The fourth-order valence-electron chi connectivity index (χ4n) is 4.72. The minimum Gasteiger partial charge on any atom is -0.355 e. The smallest absolute Gasteiger partial charge is 0.274 e. The summed E-state index contributed by atoms with van der Waals surface area (Å²) >= 11 is 0. The summed E-state index contributed by atoms with van der Waals surface area (Å²) in [5.74, 6) is 0.911. The molecule has 0 radical (unpaired) electrons. The SMILES string of the molecule is CCCCN1c2cccnc2-n2cccc2[C@]12CCN(C(=O)c1cnccn1)C2. The molecule has 1 saturated heterocycles. The van der Waals surface area contributed by atoms with Crippen LogP contribution in [0.15, 0.2) is 55.2 Å². The second-order valence-electron chi connectivity index (χ2n) is 7.71. The van der Waals surface area contributed by atoms with Gasteiger partial charge < -0.3 is 14.4 Å². The van der Waals surface area contributed by atoms with Crippen LogP contribution in [0.2, 0.25) is 0 Å². The Morgan fingerprint density at radius 1 is 1.17 bits per heavy atom. The van der Waals surface area contributed by atoms with Crippen LogP contribution in [0.3, 0.4) is 0 Å². The van der Waals surface area contributed by atoms with Crippen molar-refractivity contribution in [3.05, 3.63) is 66.6 Å². The minimum absolute atomic E-state index is 0.0551. The lowest BCUT2D eigenvalue weighted by Crippen LogP contribution is -2.53. The van der Waals surface area contributed by atoms with Crippen molar-refractivity contribution in [2.75, 3.05) is 24.5 Å². The average molecular weight is 388 g/mol. The fourth-order valence-corrected chi connectivity index (χ4v) is 4.72. The predicted molar refractivity (Wildman–Crippen MR) is 110 cm³/mol. The first-order valence-corrected chi connectivity index (χ1v) is 10.2. The van der Waals surface area contributed by atoms with E-state index in [1.807, 2.05) is 17.2 Å². The van der Waals surface area contributed by atoms with E-state index in [1.54, 1.807) is 18.6 Å². The molecular weight excluding hydrogens is 364 g/mol. The molecule has 2 aliphatic heterocycles. The summed E-state index contributed by atoms with van der Waals surface area (Å²) in [7, 11) is 0. The van der Waals surface area contributed by atoms with Crippen molar-refractivity contribution >= 4 is 11.6 Å². The van der Waals surface area contributed by atoms with Crippen LogP contribution in [-0.4, -0.2) is 50.0 Å². The van der Waals surface area contributed by atoms with Gasteiger partial charge in [0.15, 0.2) is 5.82 Å². The van der Waals surface area contributed by atoms with Crippen LogP contribution < -0.4 is 4.90 Å². The molecule has 0 aromatic carbocycles. The van der Waals surface area contributed by atoms with Crippen molar-refractivity contribution in [3.8, 4) is 5.82 Å². The zero-order chi connectivity index (χ0) is 19.8. The molecule has 7 heteroatoms. The van der Waals surface area contributed by atoms with Gasteiger partial charge in [-0.3, -0.25) is 9.78 Å². The number of carbonyl (C=O) groups excluding carboxylic acids is 1. The van der Waals surface area contributed by atoms with Crippen molar-refractivity contribution in [1.82, 2.24) is 24.4 Å². The Balaban J connectivity index is 1.57. The van der Waals surface area contributed by atoms with Crippen LogP contribution in [0, 0.1) is 0 Å². The van der Waals surface area contributed by atoms with Crippen LogP contribution in [0.4, 0.5) is 5.69 Å². The first kappa shape index (κ1) is 17.8. The number of amides is 1. The van der Waals surface area contributed by atoms with E-state index in [0.29, 0.717) is 18.8 Å². The second kappa shape index (κ2) is 6.99. The summed E-state index contributed by atoms with van der Waals surface area (Å²) < 4.78 is 2.19. The number of pyridine rings is 1. The molecule has 3 aromatic heterocycles. The topological polar surface area (TPSA) is 67.2 Å². The van der Waals surface area contributed by atoms with Gasteiger partial charge >= 0.3 is 0 Å². The van der Waals surface area contributed by atoms with E-state index in [9.17, 15) is 4.79 Å². The van der Waals surface area contributed by atoms with Crippen LogP contribution in [0.25, 0.3) is 5.82 Å². The Labute approximate surface area is 170 Å². The molecule has 29 heavy (non-hydrogen) atoms. The quantitative estimate of drug-likeness (QED) is 0.687. The number of hydrogen-bond donors (Lipinski definition) is 0. The van der Waals surface area contributed by atoms with Gasteiger partial charge in [-0.1, -0.05) is 13.3 Å². The maximum absolute atomic E-state index is 13.1. The molecule has 0 bridgehead atoms. The number of likely N-dealkylation sites (tertiary alicyclic amines) is 1. The zero-order valence-corrected chi connectivity index (χ0v) is 16.5. The zero-order valence-electron chi connectivity index (χ0n) is 16.5. The van der Waals surface area contributed by atoms with E-state index < -0.39 is 0 Å². The Morgan fingerprint density at radius 2 is 2.10 bits per heavy atom. The van der Waals surface area contributed by atoms with Crippen LogP contribution in [0.1, 0.15) is 42.4 Å². The van der Waals surface area contributed by atoms with E-state index in [2.05, 4.69) is 55.7 Å². The highest BCUT2D eigenvalue weighted by Crippen LogP contribution is 2.47. The van der Waals surface area contributed by atoms with Crippen molar-refractivity contribution in [1.29, 1.82) is 0 Å². The molecular formula is C22H24N6O. The third-order valence-corrected chi connectivity index (χ3v) is 6.08. The Kier molecular flexibility index (Phi) is 4.30. The largest absolute Gasteiger partial charge is 0.355 e. The number of rotatable bonds is 4. The molecule has 1 amide bonds. The number of nitrogens with zero attached hydrogens (tertiary/aromatic N) is 6. The molecule has 1 fully saturated rings. The second-order valence-corrected chi connectivity index (χ2v) is 7.71. The average Bonchev–Trinajstić information content (AvgIpc) is 3.43. The lowest BCUT2D eigenvalue weighted by molar-refractivity contribution is 0.0775. The molecule has 148 valence electrons. The maximum atomic E-state index is 13.1. The van der Waals surface area contributed by atoms with Gasteiger partial charge in [-0.2, -0.15) is 0 Å². The number of fused-ring (bicyclic) bond motifs is 4. The number of aromatic nitrogens is 4. The third-order valence-electron chi connectivity index (χ3n) is 6.08. The highest BCUT2D eigenvalue weighted by Gasteiger charge is 2.50. The van der Waals surface area contributed by atoms with Gasteiger partial charge in [0, 0.05) is 44.4 Å². The standard InChI is InChI=1S/C22H24N6O/c1-2-3-13-28-18-6-4-9-25-20(18)27-12-5-7-19(27)22(28)8-14-26(16-22)21(29)17-15-23-10-11-24-17/h4-7,9-12,15H,2-3,8,13-14,16H2,1H3/t22-/m1/s1. The van der Waals surface area contributed by atoms with E-state index in [1.165, 1.54) is 5.69 Å². The van der Waals surface area contributed by atoms with Crippen molar-refractivity contribution in [2.24, 2.45) is 0 Å². The molecule has 1 spiro atoms. The number of hydrogen-bond acceptors (Lipinski definition) is 5. The lowest BCUT2D eigenvalue weighted by Gasteiger charge is -2.47. The summed E-state index contributed by atoms with van der Waals surface area (Å²) in [5, 5.41) is 0. The highest BCUT2D eigenvalue weighted by atomic mass is 16.2. The fraction of sp³-hybridized carbons (Fsp3) is 0.364. The van der Waals surface area contributed by atoms with Gasteiger partial charge in [0.25, 0.3) is 5.91 Å². The molecule has 0 saturated carbocycles. The van der Waals surface area contributed by atoms with Gasteiger partial charge in [-0.25, -0.2) is 9.97 Å². The Hall–Kier alpha value is -3.22. The van der Waals surface area contributed by atoms with Crippen molar-refractivity contribution < 1.29 is 4.79 Å². The van der Waals surface area contributed by atoms with Crippen LogP contribution >= 0.6 is 0 Å². The number of anilines is 1. The molecule has 2 aliphatic rings. The van der Waals surface area contributed by atoms with Gasteiger partial charge in [-0.05, 0) is 37.1 Å². The molecule has 1 atom stereocenters. The van der Waals surface area contributed by atoms with E-state index in [4.69, 9.17) is 0 Å². The molecule has 0 aliphatic carbocycles. The molecule has 0 unspecified atom stereocenters. The number of carbonyl (C=O) groups is 1. The normalized spacial score (nSPS) is 20.0. The molecule has 5 heterocycles. The summed E-state index contributed by atoms with van der Waals surface area (Å²) in [6.45, 7) is 4.47. The maximum Gasteiger partial charge on any atom is 0.274 e. The first-order valence-electron chi connectivity index (χ1n) is 10.2. The minimum atomic E-state index is -0.257. The van der Waals surface area contributed by atoms with Crippen molar-refractivity contribution in [2.45, 2.75) is 31.7 Å². The summed E-state index contributed by atoms with van der Waals surface area (Å²) in [5.41, 5.74) is 2.48. The van der Waals surface area contributed by atoms with Crippen LogP contribution in [-0.2, 0) is 5.54 Å². The Bertz CT molecular complexity index is 1030. The Morgan fingerprint density at radius 3 is 2.93 bits per heavy atom. The third kappa shape index (κ3) is 2.72. The monoisotopic (exact) mass is 388 g/mol. The molecule has 3 aromatic rings. The predicted octanol–water partition coefficient (Wildman–Crippen LogP) is 3.02. The summed E-state index contributed by atoms with van der Waals surface area (Å²) in [6, 6.07) is 8.39. The van der Waals surface area contributed by atoms with E-state index in [-0.39, 0.29) is 11.4 Å². The van der Waals surface area contributed by atoms with E-state index >= 15 is 0 Å². The van der Waals surface area contributed by atoms with Crippen molar-refractivity contribution in [3.63, 3.8) is 0 Å². The molecule has 7 nitrogen and oxygen atoms in total. The first-order chi connectivity index (χ1) is 14.2. The van der Waals surface area contributed by atoms with Gasteiger partial charge in [0.1, 0.15) is 11.2 Å². The lowest BCUT2D eigenvalue weighted by atomic mass is 9.88. The summed E-state index contributed by atoms with van der Waals surface area (Å²) in [6.07, 6.45) is 11.7. The molecule has 5 rings (SSSR count). The summed E-state index contributed by atoms with van der Waals surface area (Å²) in [4.78, 5) is 30.4. The molecule has 0 N–H and O–H groups in total. The highest BCUT2D eigenvalue weighted by molar-refractivity contribution is 5.92. The van der Waals surface area contributed by atoms with Gasteiger partial charge in [-0.15, -0.1) is 0 Å². The van der Waals surface area contributed by atoms with E-state index in [0.717, 1.165) is 37.3 Å². The van der Waals surface area contributed by atoms with Gasteiger partial charge in [0.2, 0.25) is 0 Å². The van der Waals surface area contributed by atoms with Crippen LogP contribution in [0.5, 0.6) is 0 Å².